The van der Waals surface area contributed by atoms with Crippen molar-refractivity contribution in [2.45, 2.75) is 25.8 Å². The summed E-state index contributed by atoms with van der Waals surface area (Å²) in [6, 6.07) is 4.48. The summed E-state index contributed by atoms with van der Waals surface area (Å²) in [5.41, 5.74) is 5.82. The van der Waals surface area contributed by atoms with E-state index in [2.05, 4.69) is 0 Å². The van der Waals surface area contributed by atoms with Crippen LogP contribution in [0.15, 0.2) is 18.2 Å². The molecule has 0 bridgehead atoms. The van der Waals surface area contributed by atoms with Gasteiger partial charge in [0.1, 0.15) is 11.6 Å². The van der Waals surface area contributed by atoms with Crippen molar-refractivity contribution >= 4 is 5.91 Å². The first-order valence-electron chi connectivity index (χ1n) is 6.60. The van der Waals surface area contributed by atoms with Gasteiger partial charge in [0.15, 0.2) is 6.61 Å². The second-order valence-electron chi connectivity index (χ2n) is 4.69. The van der Waals surface area contributed by atoms with Crippen molar-refractivity contribution in [3.63, 3.8) is 0 Å². The summed E-state index contributed by atoms with van der Waals surface area (Å²) in [4.78, 5) is 13.7. The third kappa shape index (κ3) is 3.67. The fraction of sp³-hybridized carbons (Fsp3) is 0.500. The number of nitrogens with zero attached hydrogens (tertiary/aromatic N) is 1. The molecule has 0 spiro atoms. The Morgan fingerprint density at radius 3 is 2.68 bits per heavy atom. The van der Waals surface area contributed by atoms with Crippen molar-refractivity contribution in [2.24, 2.45) is 5.73 Å². The normalized spacial score (nSPS) is 15.4. The van der Waals surface area contributed by atoms with Gasteiger partial charge in [0.05, 0.1) is 0 Å². The van der Waals surface area contributed by atoms with Gasteiger partial charge >= 0.3 is 0 Å². The second-order valence-corrected chi connectivity index (χ2v) is 4.69. The largest absolute Gasteiger partial charge is 0.484 e. The van der Waals surface area contributed by atoms with Gasteiger partial charge in [0.25, 0.3) is 5.91 Å². The Balaban J connectivity index is 1.87. The van der Waals surface area contributed by atoms with E-state index in [4.69, 9.17) is 10.5 Å². The summed E-state index contributed by atoms with van der Waals surface area (Å²) in [5, 5.41) is 0. The molecule has 104 valence electrons. The minimum absolute atomic E-state index is 0.0389. The number of amides is 1. The van der Waals surface area contributed by atoms with E-state index in [1.54, 1.807) is 17.0 Å². The molecule has 0 unspecified atom stereocenters. The molecule has 1 aliphatic rings. The van der Waals surface area contributed by atoms with Crippen LogP contribution in [0.2, 0.25) is 0 Å². The van der Waals surface area contributed by atoms with E-state index < -0.39 is 5.82 Å². The van der Waals surface area contributed by atoms with Gasteiger partial charge in [-0.15, -0.1) is 0 Å². The van der Waals surface area contributed by atoms with E-state index in [9.17, 15) is 9.18 Å². The van der Waals surface area contributed by atoms with Crippen LogP contribution in [0.5, 0.6) is 5.75 Å². The zero-order chi connectivity index (χ0) is 13.7. The van der Waals surface area contributed by atoms with E-state index in [0.717, 1.165) is 25.9 Å². The highest BCUT2D eigenvalue weighted by Gasteiger charge is 2.16. The molecule has 1 aromatic rings. The number of benzene rings is 1. The van der Waals surface area contributed by atoms with Crippen molar-refractivity contribution in [3.05, 3.63) is 29.6 Å². The molecule has 1 fully saturated rings. The quantitative estimate of drug-likeness (QED) is 0.902. The van der Waals surface area contributed by atoms with Gasteiger partial charge in [0.2, 0.25) is 0 Å². The molecular formula is C14H19FN2O2. The molecule has 0 atom stereocenters. The topological polar surface area (TPSA) is 55.6 Å². The van der Waals surface area contributed by atoms with E-state index in [0.29, 0.717) is 11.3 Å². The number of rotatable bonds is 4. The lowest BCUT2D eigenvalue weighted by molar-refractivity contribution is -0.134. The van der Waals surface area contributed by atoms with Gasteiger partial charge < -0.3 is 15.4 Å². The summed E-state index contributed by atoms with van der Waals surface area (Å²) in [6.45, 7) is 1.70. The smallest absolute Gasteiger partial charge is 0.260 e. The maximum Gasteiger partial charge on any atom is 0.260 e. The average Bonchev–Trinajstić information content (AvgIpc) is 2.46. The van der Waals surface area contributed by atoms with Crippen molar-refractivity contribution in [1.29, 1.82) is 0 Å². The number of nitrogens with two attached hydrogens (primary N) is 1. The minimum atomic E-state index is -0.398. The zero-order valence-corrected chi connectivity index (χ0v) is 10.9. The SMILES string of the molecule is NCc1ccc(OCC(=O)N2CCCCC2)cc1F. The number of likely N-dealkylation sites (tertiary alicyclic amines) is 1. The summed E-state index contributed by atoms with van der Waals surface area (Å²) >= 11 is 0. The van der Waals surface area contributed by atoms with Gasteiger partial charge in [-0.3, -0.25) is 4.79 Å². The lowest BCUT2D eigenvalue weighted by atomic mass is 10.1. The number of piperidine rings is 1. The number of carbonyl (C=O) groups excluding carboxylic acids is 1. The highest BCUT2D eigenvalue weighted by molar-refractivity contribution is 5.77. The lowest BCUT2D eigenvalue weighted by Gasteiger charge is -2.26. The van der Waals surface area contributed by atoms with Gasteiger partial charge in [-0.05, 0) is 25.3 Å². The molecular weight excluding hydrogens is 247 g/mol. The van der Waals surface area contributed by atoms with Crippen molar-refractivity contribution in [3.8, 4) is 5.75 Å². The molecule has 2 rings (SSSR count). The Morgan fingerprint density at radius 2 is 2.05 bits per heavy atom. The van der Waals surface area contributed by atoms with Crippen LogP contribution >= 0.6 is 0 Å². The van der Waals surface area contributed by atoms with E-state index in [-0.39, 0.29) is 19.1 Å². The Labute approximate surface area is 112 Å². The first-order chi connectivity index (χ1) is 9.20. The predicted molar refractivity (Wildman–Crippen MR) is 70.2 cm³/mol. The van der Waals surface area contributed by atoms with Gasteiger partial charge in [-0.1, -0.05) is 6.07 Å². The summed E-state index contributed by atoms with van der Waals surface area (Å²) in [7, 11) is 0. The van der Waals surface area contributed by atoms with E-state index >= 15 is 0 Å². The molecule has 0 aromatic heterocycles. The number of hydrogen-bond acceptors (Lipinski definition) is 3. The van der Waals surface area contributed by atoms with Crippen LogP contribution in [0.1, 0.15) is 24.8 Å². The Bertz CT molecular complexity index is 445. The number of carbonyl (C=O) groups is 1. The van der Waals surface area contributed by atoms with Gasteiger partial charge in [0, 0.05) is 31.3 Å². The monoisotopic (exact) mass is 266 g/mol. The second kappa shape index (κ2) is 6.52. The van der Waals surface area contributed by atoms with Crippen LogP contribution in [0.25, 0.3) is 0 Å². The predicted octanol–water partition coefficient (Wildman–Crippen LogP) is 1.68. The van der Waals surface area contributed by atoms with Gasteiger partial charge in [-0.25, -0.2) is 4.39 Å². The number of ether oxygens (including phenoxy) is 1. The molecule has 4 nitrogen and oxygen atoms in total. The summed E-state index contributed by atoms with van der Waals surface area (Å²) in [6.07, 6.45) is 3.27. The maximum absolute atomic E-state index is 13.5. The standard InChI is InChI=1S/C14H19FN2O2/c15-13-8-12(5-4-11(13)9-16)19-10-14(18)17-6-2-1-3-7-17/h4-5,8H,1-3,6-7,9-10,16H2. The third-order valence-corrected chi connectivity index (χ3v) is 3.32. The maximum atomic E-state index is 13.5. The molecule has 19 heavy (non-hydrogen) atoms. The highest BCUT2D eigenvalue weighted by atomic mass is 19.1. The summed E-state index contributed by atoms with van der Waals surface area (Å²) in [5.74, 6) is -0.0755. The molecule has 1 heterocycles. The minimum Gasteiger partial charge on any atom is -0.484 e. The zero-order valence-electron chi connectivity index (χ0n) is 10.9. The van der Waals surface area contributed by atoms with E-state index in [1.807, 2.05) is 0 Å². The Kier molecular flexibility index (Phi) is 4.74. The highest BCUT2D eigenvalue weighted by Crippen LogP contribution is 2.17. The molecule has 1 aliphatic heterocycles. The molecule has 1 amide bonds. The average molecular weight is 266 g/mol. The molecule has 1 saturated heterocycles. The molecule has 0 saturated carbocycles. The Morgan fingerprint density at radius 1 is 1.32 bits per heavy atom. The first kappa shape index (κ1) is 13.8. The van der Waals surface area contributed by atoms with Crippen LogP contribution in [0.4, 0.5) is 4.39 Å². The number of halogens is 1. The molecule has 0 radical (unpaired) electrons. The van der Waals surface area contributed by atoms with Crippen molar-refractivity contribution in [1.82, 2.24) is 4.90 Å². The van der Waals surface area contributed by atoms with Gasteiger partial charge in [-0.2, -0.15) is 0 Å². The van der Waals surface area contributed by atoms with Crippen LogP contribution in [0, 0.1) is 5.82 Å². The van der Waals surface area contributed by atoms with Crippen LogP contribution in [-0.4, -0.2) is 30.5 Å². The van der Waals surface area contributed by atoms with Crippen molar-refractivity contribution < 1.29 is 13.9 Å². The summed E-state index contributed by atoms with van der Waals surface area (Å²) < 4.78 is 18.8. The molecule has 2 N–H and O–H groups in total. The molecule has 5 heteroatoms. The molecule has 0 aliphatic carbocycles. The third-order valence-electron chi connectivity index (χ3n) is 3.32. The molecule has 1 aromatic carbocycles. The fourth-order valence-corrected chi connectivity index (χ4v) is 2.16. The van der Waals surface area contributed by atoms with E-state index in [1.165, 1.54) is 12.5 Å². The first-order valence-corrected chi connectivity index (χ1v) is 6.60. The van der Waals surface area contributed by atoms with Crippen LogP contribution < -0.4 is 10.5 Å². The lowest BCUT2D eigenvalue weighted by Crippen LogP contribution is -2.38. The van der Waals surface area contributed by atoms with Crippen LogP contribution in [-0.2, 0) is 11.3 Å². The van der Waals surface area contributed by atoms with Crippen molar-refractivity contribution in [2.75, 3.05) is 19.7 Å². The Hall–Kier alpha value is -1.62. The number of hydrogen-bond donors (Lipinski definition) is 1. The van der Waals surface area contributed by atoms with Crippen LogP contribution in [0.3, 0.4) is 0 Å². The fourth-order valence-electron chi connectivity index (χ4n) is 2.16.